The Kier molecular flexibility index (Phi) is 10.4. The summed E-state index contributed by atoms with van der Waals surface area (Å²) in [7, 11) is 0. The summed E-state index contributed by atoms with van der Waals surface area (Å²) in [5.41, 5.74) is 1.98. The van der Waals surface area contributed by atoms with Crippen molar-refractivity contribution in [3.05, 3.63) is 72.9 Å². The zero-order chi connectivity index (χ0) is 25.5. The van der Waals surface area contributed by atoms with Crippen molar-refractivity contribution in [3.63, 3.8) is 0 Å². The molecule has 1 aromatic heterocycles. The molecule has 1 N–H and O–H groups in total. The minimum atomic E-state index is -0.584. The maximum absolute atomic E-state index is 13.1. The van der Waals surface area contributed by atoms with Gasteiger partial charge in [0.25, 0.3) is 0 Å². The molecule has 36 heavy (non-hydrogen) atoms. The summed E-state index contributed by atoms with van der Waals surface area (Å²) < 4.78 is 5.11. The first kappa shape index (κ1) is 27.7. The van der Waals surface area contributed by atoms with Gasteiger partial charge < -0.3 is 0 Å². The summed E-state index contributed by atoms with van der Waals surface area (Å²) in [6.45, 7) is 2.82. The first-order chi connectivity index (χ1) is 17.5. The van der Waals surface area contributed by atoms with Gasteiger partial charge in [-0.25, -0.2) is 0 Å². The van der Waals surface area contributed by atoms with Crippen LogP contribution in [0.4, 0.5) is 0 Å². The van der Waals surface area contributed by atoms with Gasteiger partial charge in [0.1, 0.15) is 0 Å². The van der Waals surface area contributed by atoms with Crippen molar-refractivity contribution in [2.24, 2.45) is 5.92 Å². The topological polar surface area (TPSA) is 46.9 Å². The van der Waals surface area contributed by atoms with Crippen LogP contribution in [0, 0.1) is 5.92 Å². The molecule has 4 rings (SSSR count). The Labute approximate surface area is 238 Å². The molecular formula is C28H34BrCl2N3OSe. The number of benzene rings is 1. The fourth-order valence-corrected chi connectivity index (χ4v) is 8.63. The molecule has 2 aromatic rings. The number of hydrogen-bond acceptors (Lipinski definition) is 2. The van der Waals surface area contributed by atoms with Gasteiger partial charge in [0.15, 0.2) is 0 Å². The van der Waals surface area contributed by atoms with E-state index in [2.05, 4.69) is 52.5 Å². The number of carbonyl (C=O) groups excluding carboxylic acids is 1. The molecule has 1 amide bonds. The van der Waals surface area contributed by atoms with Crippen LogP contribution in [-0.4, -0.2) is 37.2 Å². The predicted molar refractivity (Wildman–Crippen MR) is 158 cm³/mol. The fraction of sp³-hybridized carbons (Fsp3) is 0.429. The van der Waals surface area contributed by atoms with E-state index < -0.39 is 15.0 Å². The average Bonchev–Trinajstić information content (AvgIpc) is 3.47. The molecule has 1 aromatic carbocycles. The van der Waals surface area contributed by atoms with Gasteiger partial charge in [0.05, 0.1) is 0 Å². The number of amides is 1. The number of halogens is 3. The minimum absolute atomic E-state index is 0.174. The molecule has 2 aliphatic rings. The summed E-state index contributed by atoms with van der Waals surface area (Å²) in [4.78, 5) is 13.1. The number of nitrogens with zero attached hydrogens (tertiary/aromatic N) is 2. The third kappa shape index (κ3) is 6.96. The third-order valence-corrected chi connectivity index (χ3v) is 10.7. The van der Waals surface area contributed by atoms with Gasteiger partial charge in [-0.05, 0) is 0 Å². The molecule has 0 saturated heterocycles. The quantitative estimate of drug-likeness (QED) is 0.209. The Morgan fingerprint density at radius 1 is 1.19 bits per heavy atom. The zero-order valence-electron chi connectivity index (χ0n) is 20.6. The van der Waals surface area contributed by atoms with E-state index in [0.717, 1.165) is 18.5 Å². The molecule has 194 valence electrons. The first-order valence-corrected chi connectivity index (χ1v) is 16.5. The molecule has 4 nitrogen and oxygen atoms in total. The van der Waals surface area contributed by atoms with Crippen LogP contribution in [0.3, 0.4) is 0 Å². The molecule has 0 spiro atoms. The average molecular weight is 658 g/mol. The SMILES string of the molecule is CCCCCCNC(=O)c1nn(-c2ccc(Cl)cc2Cl)c(C2=CC=C(C=CC3CCCCC3)[SeH2]2)c1Br. The monoisotopic (exact) mass is 657 g/mol. The number of carbonyl (C=O) groups is 1. The number of rotatable bonds is 10. The van der Waals surface area contributed by atoms with Gasteiger partial charge in [-0.15, -0.1) is 0 Å². The second-order valence-electron chi connectivity index (χ2n) is 9.42. The molecule has 1 aliphatic carbocycles. The zero-order valence-corrected chi connectivity index (χ0v) is 25.8. The van der Waals surface area contributed by atoms with Crippen LogP contribution >= 0.6 is 39.1 Å². The van der Waals surface area contributed by atoms with E-state index in [4.69, 9.17) is 28.3 Å². The summed E-state index contributed by atoms with van der Waals surface area (Å²) in [5.74, 6) is 0.528. The molecule has 1 fully saturated rings. The molecule has 2 heterocycles. The number of allylic oxidation sites excluding steroid dienone is 5. The molecule has 0 bridgehead atoms. The molecular weight excluding hydrogens is 624 g/mol. The molecule has 0 radical (unpaired) electrons. The van der Waals surface area contributed by atoms with Crippen molar-refractivity contribution in [2.75, 3.05) is 6.54 Å². The molecule has 1 saturated carbocycles. The number of nitrogens with one attached hydrogen (secondary N) is 1. The van der Waals surface area contributed by atoms with E-state index in [1.165, 1.54) is 53.9 Å². The van der Waals surface area contributed by atoms with E-state index in [-0.39, 0.29) is 5.91 Å². The normalized spacial score (nSPS) is 17.6. The Morgan fingerprint density at radius 3 is 2.75 bits per heavy atom. The van der Waals surface area contributed by atoms with E-state index in [1.54, 1.807) is 16.8 Å². The Bertz CT molecular complexity index is 1180. The van der Waals surface area contributed by atoms with Crippen LogP contribution in [0.15, 0.2) is 51.4 Å². The van der Waals surface area contributed by atoms with Gasteiger partial charge >= 0.3 is 240 Å². The van der Waals surface area contributed by atoms with Gasteiger partial charge in [-0.2, -0.15) is 0 Å². The van der Waals surface area contributed by atoms with Crippen LogP contribution in [-0.2, 0) is 0 Å². The van der Waals surface area contributed by atoms with Crippen LogP contribution in [0.5, 0.6) is 0 Å². The van der Waals surface area contributed by atoms with Gasteiger partial charge in [0.2, 0.25) is 0 Å². The van der Waals surface area contributed by atoms with Crippen LogP contribution in [0.2, 0.25) is 10.0 Å². The molecule has 0 unspecified atom stereocenters. The van der Waals surface area contributed by atoms with E-state index in [0.29, 0.717) is 38.4 Å². The Balaban J connectivity index is 1.58. The number of hydrogen-bond donors (Lipinski definition) is 1. The van der Waals surface area contributed by atoms with Crippen molar-refractivity contribution in [1.82, 2.24) is 15.1 Å². The van der Waals surface area contributed by atoms with Gasteiger partial charge in [0, 0.05) is 0 Å². The van der Waals surface area contributed by atoms with E-state index in [1.807, 2.05) is 6.07 Å². The first-order valence-electron chi connectivity index (χ1n) is 12.9. The fourth-order valence-electron chi connectivity index (χ4n) is 4.65. The van der Waals surface area contributed by atoms with Crippen molar-refractivity contribution < 1.29 is 4.79 Å². The second kappa shape index (κ2) is 13.5. The van der Waals surface area contributed by atoms with Crippen LogP contribution in [0.1, 0.15) is 80.9 Å². The third-order valence-electron chi connectivity index (χ3n) is 6.66. The van der Waals surface area contributed by atoms with Gasteiger partial charge in [-0.3, -0.25) is 0 Å². The maximum atomic E-state index is 13.1. The van der Waals surface area contributed by atoms with Crippen molar-refractivity contribution in [1.29, 1.82) is 0 Å². The Hall–Kier alpha value is -1.30. The summed E-state index contributed by atoms with van der Waals surface area (Å²) in [6.07, 6.45) is 20.2. The predicted octanol–water partition coefficient (Wildman–Crippen LogP) is 7.80. The van der Waals surface area contributed by atoms with Crippen molar-refractivity contribution >= 4 is 64.5 Å². The molecule has 0 atom stereocenters. The molecule has 1 aliphatic heterocycles. The summed E-state index contributed by atoms with van der Waals surface area (Å²) in [5, 5.41) is 8.84. The van der Waals surface area contributed by atoms with Crippen molar-refractivity contribution in [2.45, 2.75) is 64.7 Å². The van der Waals surface area contributed by atoms with Gasteiger partial charge in [-0.1, -0.05) is 0 Å². The summed E-state index contributed by atoms with van der Waals surface area (Å²) in [6, 6.07) is 5.36. The molecule has 8 heteroatoms. The van der Waals surface area contributed by atoms with E-state index in [9.17, 15) is 4.79 Å². The number of aromatic nitrogens is 2. The second-order valence-corrected chi connectivity index (χ2v) is 13.9. The van der Waals surface area contributed by atoms with Crippen LogP contribution < -0.4 is 5.32 Å². The summed E-state index contributed by atoms with van der Waals surface area (Å²) >= 11 is 15.9. The van der Waals surface area contributed by atoms with E-state index >= 15 is 0 Å². The van der Waals surface area contributed by atoms with Crippen LogP contribution in [0.25, 0.3) is 10.2 Å². The Morgan fingerprint density at radius 2 is 2.00 bits per heavy atom. The standard InChI is InChI=1S/C28H34BrCl2N3OSe/c1-2-3-4-8-17-32-28(35)26-25(29)27(34(33-26)23-15-12-20(30)18-22(23)31)24-16-14-21(36-24)13-11-19-9-6-5-7-10-19/h11-16,18-19H,2-10,17,36H2,1H3,(H,32,35). The number of unbranched alkanes of at least 4 members (excludes halogenated alkanes) is 3. The van der Waals surface area contributed by atoms with Crippen molar-refractivity contribution in [3.8, 4) is 5.69 Å².